The number of benzene rings is 3. The number of hydrogen-bond acceptors (Lipinski definition) is 15. The first kappa shape index (κ1) is 49.7. The van der Waals surface area contributed by atoms with Gasteiger partial charge < -0.3 is 33.6 Å². The van der Waals surface area contributed by atoms with Crippen molar-refractivity contribution >= 4 is 57.1 Å². The molecule has 17 nitrogen and oxygen atoms in total. The lowest BCUT2D eigenvalue weighted by Crippen LogP contribution is -2.53. The summed E-state index contributed by atoms with van der Waals surface area (Å²) in [6.45, 7) is 7.91. The Morgan fingerprint density at radius 3 is 2.41 bits per heavy atom. The highest BCUT2D eigenvalue weighted by Gasteiger charge is 2.40. The Hall–Kier alpha value is -5.75. The number of carbonyl (C=O) groups is 3. The lowest BCUT2D eigenvalue weighted by molar-refractivity contribution is -0.143. The molecule has 4 aliphatic heterocycles. The van der Waals surface area contributed by atoms with Crippen LogP contribution in [0.4, 0.5) is 10.1 Å². The van der Waals surface area contributed by atoms with Gasteiger partial charge >= 0.3 is 10.1 Å². The van der Waals surface area contributed by atoms with Gasteiger partial charge in [0.1, 0.15) is 28.9 Å². The molecule has 0 aliphatic carbocycles. The van der Waals surface area contributed by atoms with Crippen molar-refractivity contribution < 1.29 is 45.6 Å². The predicted molar refractivity (Wildman–Crippen MR) is 248 cm³/mol. The van der Waals surface area contributed by atoms with Crippen molar-refractivity contribution in [2.75, 3.05) is 51.3 Å². The van der Waals surface area contributed by atoms with Gasteiger partial charge in [-0.3, -0.25) is 29.4 Å². The Morgan fingerprint density at radius 1 is 1.03 bits per heavy atom. The van der Waals surface area contributed by atoms with Crippen molar-refractivity contribution in [3.8, 4) is 29.1 Å². The van der Waals surface area contributed by atoms with Gasteiger partial charge in [-0.25, -0.2) is 9.37 Å². The molecule has 0 radical (unpaired) electrons. The molecule has 3 amide bonds. The zero-order valence-electron chi connectivity index (χ0n) is 37.5. The maximum atomic E-state index is 14.0. The number of aryl methyl sites for hydroxylation is 1. The number of nitriles is 1. The molecule has 66 heavy (non-hydrogen) atoms. The van der Waals surface area contributed by atoms with E-state index in [0.717, 1.165) is 63.0 Å². The zero-order valence-corrected chi connectivity index (χ0v) is 39.2. The van der Waals surface area contributed by atoms with Crippen LogP contribution >= 0.6 is 12.6 Å². The number of aromatic nitrogens is 2. The average molecular weight is 950 g/mol. The highest BCUT2D eigenvalue weighted by Crippen LogP contribution is 2.39. The van der Waals surface area contributed by atoms with Crippen molar-refractivity contribution in [3.05, 3.63) is 82.2 Å². The molecule has 2 unspecified atom stereocenters. The van der Waals surface area contributed by atoms with Crippen molar-refractivity contribution in [1.82, 2.24) is 24.7 Å². The van der Waals surface area contributed by atoms with E-state index >= 15 is 0 Å². The van der Waals surface area contributed by atoms with Crippen LogP contribution in [0.1, 0.15) is 82.3 Å². The number of halogens is 1. The summed E-state index contributed by atoms with van der Waals surface area (Å²) in [5.41, 5.74) is 6.53. The molecule has 0 bridgehead atoms. The first-order chi connectivity index (χ1) is 31.5. The standard InChI is InChI=1S/C28H39N3O8S2.C16H11FN4O2.C2H6/c1-41(35,36)39-24-16-20(38-23-4-5-25(32)29-27(23)34)2-3-22(24)19-6-11-30(12-7-19)18-26(33)31-13-9-28(10-14-31)17-21(40)8-15-37-28;1-21-8-20-14-5-2-9(6-10(14)16(21)22)23-15-11(7-18)13(19)4-3-12(15)17;1-2/h2-3,16,19,21,23,40H,4-15,17-18H2,1H3,(H,29,32,34);2-6,8H,19H2,1H3;1-2H3. The Morgan fingerprint density at radius 2 is 1.74 bits per heavy atom. The van der Waals surface area contributed by atoms with Crippen LogP contribution in [0.3, 0.4) is 0 Å². The number of fused-ring (bicyclic) bond motifs is 1. The minimum Gasteiger partial charge on any atom is -0.480 e. The Bertz CT molecular complexity index is 2640. The molecule has 0 saturated carbocycles. The van der Waals surface area contributed by atoms with E-state index in [4.69, 9.17) is 29.4 Å². The van der Waals surface area contributed by atoms with Gasteiger partial charge in [0.25, 0.3) is 11.5 Å². The maximum absolute atomic E-state index is 14.0. The number of likely N-dealkylation sites (tertiary alicyclic amines) is 2. The van der Waals surface area contributed by atoms with Crippen molar-refractivity contribution in [1.29, 1.82) is 5.26 Å². The Kier molecular flexibility index (Phi) is 16.3. The number of imide groups is 1. The summed E-state index contributed by atoms with van der Waals surface area (Å²) in [4.78, 5) is 56.9. The minimum atomic E-state index is -3.81. The predicted octanol–water partition coefficient (Wildman–Crippen LogP) is 5.20. The Labute approximate surface area is 388 Å². The first-order valence-corrected chi connectivity index (χ1v) is 24.3. The van der Waals surface area contributed by atoms with Crippen LogP contribution in [0, 0.1) is 17.1 Å². The smallest absolute Gasteiger partial charge is 0.306 e. The molecular formula is C46H56FN7O10S2. The van der Waals surface area contributed by atoms with Crippen molar-refractivity contribution in [2.24, 2.45) is 7.05 Å². The average Bonchev–Trinajstić information content (AvgIpc) is 3.28. The second kappa shape index (κ2) is 21.7. The summed E-state index contributed by atoms with van der Waals surface area (Å²) in [6, 6.07) is 13.8. The second-order valence-corrected chi connectivity index (χ2v) is 18.9. The topological polar surface area (TPSA) is 225 Å². The van der Waals surface area contributed by atoms with E-state index in [1.807, 2.05) is 24.8 Å². The molecule has 3 N–H and O–H groups in total. The number of piperidine rings is 3. The van der Waals surface area contributed by atoms with Gasteiger partial charge in [-0.1, -0.05) is 19.9 Å². The molecule has 4 saturated heterocycles. The highest BCUT2D eigenvalue weighted by atomic mass is 32.2. The fraction of sp³-hybridized carbons (Fsp3) is 0.478. The normalized spacial score (nSPS) is 19.9. The molecule has 2 atom stereocenters. The van der Waals surface area contributed by atoms with Gasteiger partial charge in [-0.2, -0.15) is 26.3 Å². The number of thiol groups is 1. The molecule has 4 aliphatic rings. The van der Waals surface area contributed by atoms with Gasteiger partial charge in [-0.15, -0.1) is 0 Å². The summed E-state index contributed by atoms with van der Waals surface area (Å²) >= 11 is 4.66. The van der Waals surface area contributed by atoms with Crippen LogP contribution < -0.4 is 30.3 Å². The van der Waals surface area contributed by atoms with Crippen LogP contribution in [0.15, 0.2) is 59.7 Å². The van der Waals surface area contributed by atoms with E-state index in [1.54, 1.807) is 31.3 Å². The van der Waals surface area contributed by atoms with Gasteiger partial charge in [-0.05, 0) is 99.5 Å². The number of ether oxygens (including phenoxy) is 3. The summed E-state index contributed by atoms with van der Waals surface area (Å²) < 4.78 is 62.0. The molecule has 4 aromatic rings. The summed E-state index contributed by atoms with van der Waals surface area (Å²) in [5.74, 6) is -1.01. The number of rotatable bonds is 9. The second-order valence-electron chi connectivity index (χ2n) is 16.5. The van der Waals surface area contributed by atoms with Crippen LogP contribution in [-0.4, -0.2) is 108 Å². The van der Waals surface area contributed by atoms with Crippen molar-refractivity contribution in [3.63, 3.8) is 0 Å². The molecule has 8 rings (SSSR count). The van der Waals surface area contributed by atoms with Crippen LogP contribution in [0.25, 0.3) is 10.9 Å². The van der Waals surface area contributed by atoms with Crippen LogP contribution in [-0.2, 0) is 36.3 Å². The SMILES string of the molecule is CC.CS(=O)(=O)Oc1cc(OC2CCC(=O)NC2=O)ccc1C1CCN(CC(=O)N2CCC3(CC2)CC(S)CCO3)CC1.Cn1cnc2ccc(Oc3c(F)ccc(N)c3C#N)cc2c1=O. The monoisotopic (exact) mass is 949 g/mol. The highest BCUT2D eigenvalue weighted by molar-refractivity contribution is 7.86. The number of nitrogens with one attached hydrogen (secondary N) is 1. The number of nitrogens with zero attached hydrogens (tertiary/aromatic N) is 5. The van der Waals surface area contributed by atoms with Crippen LogP contribution in [0.2, 0.25) is 0 Å². The van der Waals surface area contributed by atoms with Crippen LogP contribution in [0.5, 0.6) is 23.0 Å². The van der Waals surface area contributed by atoms with Crippen molar-refractivity contribution in [2.45, 2.75) is 88.1 Å². The van der Waals surface area contributed by atoms with E-state index in [1.165, 1.54) is 29.1 Å². The number of anilines is 1. The lowest BCUT2D eigenvalue weighted by atomic mass is 9.84. The molecule has 20 heteroatoms. The molecule has 1 spiro atoms. The van der Waals surface area contributed by atoms with E-state index in [0.29, 0.717) is 48.9 Å². The maximum Gasteiger partial charge on any atom is 0.306 e. The van der Waals surface area contributed by atoms with Gasteiger partial charge in [0.2, 0.25) is 11.8 Å². The fourth-order valence-corrected chi connectivity index (χ4v) is 9.39. The molecule has 1 aromatic heterocycles. The Balaban J connectivity index is 0.000000243. The van der Waals surface area contributed by atoms with Gasteiger partial charge in [0.05, 0.1) is 41.3 Å². The number of nitrogen functional groups attached to an aromatic ring is 1. The molecule has 3 aromatic carbocycles. The van der Waals surface area contributed by atoms with Gasteiger partial charge in [0.15, 0.2) is 17.7 Å². The zero-order chi connectivity index (χ0) is 47.8. The summed E-state index contributed by atoms with van der Waals surface area (Å²) in [5, 5.41) is 12.1. The largest absolute Gasteiger partial charge is 0.480 e. The van der Waals surface area contributed by atoms with E-state index in [-0.39, 0.29) is 76.0 Å². The third-order valence-corrected chi connectivity index (χ3v) is 12.9. The number of nitrogens with two attached hydrogens (primary N) is 1. The third-order valence-electron chi connectivity index (χ3n) is 11.9. The summed E-state index contributed by atoms with van der Waals surface area (Å²) in [7, 11) is -2.24. The first-order valence-electron chi connectivity index (χ1n) is 22.0. The molecular weight excluding hydrogens is 894 g/mol. The van der Waals surface area contributed by atoms with E-state index in [9.17, 15) is 32.0 Å². The number of carbonyl (C=O) groups excluding carboxylic acids is 3. The number of amides is 3. The third kappa shape index (κ3) is 12.4. The molecule has 5 heterocycles. The lowest BCUT2D eigenvalue weighted by Gasteiger charge is -2.45. The number of hydrogen-bond donors (Lipinski definition) is 3. The molecule has 354 valence electrons. The van der Waals surface area contributed by atoms with Gasteiger partial charge in [0, 0.05) is 50.9 Å². The van der Waals surface area contributed by atoms with E-state index in [2.05, 4.69) is 27.8 Å². The minimum absolute atomic E-state index is 0.0372. The summed E-state index contributed by atoms with van der Waals surface area (Å²) in [6.07, 6.45) is 7.07. The van der Waals surface area contributed by atoms with E-state index < -0.39 is 27.9 Å². The molecule has 4 fully saturated rings. The quantitative estimate of drug-likeness (QED) is 0.0849. The fourth-order valence-electron chi connectivity index (χ4n) is 8.48.